The van der Waals surface area contributed by atoms with E-state index >= 15 is 0 Å². The molecule has 0 bridgehead atoms. The van der Waals surface area contributed by atoms with Gasteiger partial charge >= 0.3 is 5.97 Å². The van der Waals surface area contributed by atoms with Crippen LogP contribution in [0.5, 0.6) is 0 Å². The molecule has 2 aromatic carbocycles. The van der Waals surface area contributed by atoms with E-state index in [2.05, 4.69) is 56.6 Å². The Bertz CT molecular complexity index is 2310. The highest BCUT2D eigenvalue weighted by molar-refractivity contribution is 5.97. The average Bonchev–Trinajstić information content (AvgIpc) is 3.99. The Morgan fingerprint density at radius 1 is 0.776 bits per heavy atom. The number of imidazole rings is 1. The summed E-state index contributed by atoms with van der Waals surface area (Å²) in [5.41, 5.74) is 21.9. The number of H-pyrrole nitrogens is 2. The van der Waals surface area contributed by atoms with Gasteiger partial charge in [-0.2, -0.15) is 0 Å². The van der Waals surface area contributed by atoms with Crippen molar-refractivity contribution in [1.82, 2.24) is 46.9 Å². The minimum atomic E-state index is -3.28. The van der Waals surface area contributed by atoms with Crippen molar-refractivity contribution in [2.45, 2.75) is 81.1 Å². The van der Waals surface area contributed by atoms with Gasteiger partial charge in [-0.3, -0.25) is 38.6 Å². The number of nitrogens with zero attached hydrogens (tertiary/aromatic N) is 2. The second-order valence-corrected chi connectivity index (χ2v) is 15.5. The second-order valence-electron chi connectivity index (χ2n) is 15.5. The van der Waals surface area contributed by atoms with E-state index in [0.29, 0.717) is 16.8 Å². The molecule has 0 saturated carbocycles. The molecule has 24 heteroatoms. The summed E-state index contributed by atoms with van der Waals surface area (Å²) < 4.78 is 32.4. The molecule has 0 aliphatic carbocycles. The number of para-hydroxylation sites is 1. The lowest BCUT2D eigenvalue weighted by molar-refractivity contribution is -0.141. The molecule has 16 N–H and O–H groups in total. The zero-order valence-electron chi connectivity index (χ0n) is 36.8. The van der Waals surface area contributed by atoms with Gasteiger partial charge in [-0.15, -0.1) is 0 Å². The first-order valence-electron chi connectivity index (χ1n) is 21.3. The van der Waals surface area contributed by atoms with Crippen molar-refractivity contribution >= 4 is 58.3 Å². The van der Waals surface area contributed by atoms with Gasteiger partial charge < -0.3 is 69.5 Å². The minimum Gasteiger partial charge on any atom is -0.468 e. The molecule has 22 nitrogen and oxygen atoms in total. The third-order valence-corrected chi connectivity index (χ3v) is 10.5. The van der Waals surface area contributed by atoms with E-state index in [9.17, 15) is 42.3 Å². The number of ether oxygens (including phenoxy) is 1. The monoisotopic (exact) mass is 936 g/mol. The number of amides is 6. The normalized spacial score (nSPS) is 13.8. The predicted molar refractivity (Wildman–Crippen MR) is 241 cm³/mol. The molecule has 6 amide bonds. The topological polar surface area (TPSA) is 362 Å². The number of esters is 1. The summed E-state index contributed by atoms with van der Waals surface area (Å²) in [6.07, 6.45) is 0.428. The van der Waals surface area contributed by atoms with Crippen LogP contribution < -0.4 is 54.8 Å². The molecule has 0 aliphatic rings. The molecule has 0 aliphatic heterocycles. The SMILES string of the molecule is COC(=O)CNC(=O)[C@H](Cc1c[nH]c2ccccc12)NC(=O)[C@H](CCCN=C(N)N)NC(=O)[C@@H](Cc1ccccc1)NC(=O)[C@H](Cc1cnc[nH]1)NC(=O)CNC(=O)[C@](N)(CCCN)C(F)F. The number of methoxy groups -OCH3 is 1. The molecule has 2 aromatic heterocycles. The molecule has 0 radical (unpaired) electrons. The van der Waals surface area contributed by atoms with Gasteiger partial charge in [0.15, 0.2) is 11.5 Å². The standard InChI is InChI=1S/C43H58F2N14O8/c1-67-35(61)23-53-36(62)32(18-26-20-52-29-12-6-5-11-28(26)29)59-37(63)30(13-7-16-51-42(47)48)57-38(64)31(17-25-9-3-2-4-10-25)58-39(65)33(19-27-21-50-24-55-27)56-34(60)22-54-41(66)43(49,40(44)45)14-8-15-46/h2-6,9-12,20-21,24,30-33,40,52H,7-8,13-19,22-23,46,49H2,1H3,(H,50,55)(H,53,62)(H,54,66)(H,56,60)(H,57,64)(H,58,65)(H,59,63)(H4,47,48,51)/t30-,31+,32-,33-,43-/m0/s1. The maximum atomic E-state index is 14.4. The molecule has 0 spiro atoms. The molecular weight excluding hydrogens is 879 g/mol. The van der Waals surface area contributed by atoms with Gasteiger partial charge in [0.05, 0.1) is 20.0 Å². The van der Waals surface area contributed by atoms with Crippen LogP contribution in [0.25, 0.3) is 10.9 Å². The number of alkyl halides is 2. The van der Waals surface area contributed by atoms with E-state index < -0.39 is 97.1 Å². The molecule has 0 unspecified atom stereocenters. The average molecular weight is 937 g/mol. The number of rotatable bonds is 27. The van der Waals surface area contributed by atoms with E-state index in [0.717, 1.165) is 18.0 Å². The van der Waals surface area contributed by atoms with Crippen LogP contribution in [0, 0.1) is 0 Å². The van der Waals surface area contributed by atoms with Crippen molar-refractivity contribution in [3.05, 3.63) is 90.1 Å². The first-order valence-corrected chi connectivity index (χ1v) is 21.3. The van der Waals surface area contributed by atoms with Gasteiger partial charge in [0, 0.05) is 54.8 Å². The molecule has 5 atom stereocenters. The molecule has 362 valence electrons. The number of hydrogen-bond donors (Lipinski definition) is 12. The lowest BCUT2D eigenvalue weighted by Crippen LogP contribution is -2.61. The molecule has 0 saturated heterocycles. The highest BCUT2D eigenvalue weighted by Crippen LogP contribution is 2.21. The van der Waals surface area contributed by atoms with Gasteiger partial charge in [-0.25, -0.2) is 13.8 Å². The quantitative estimate of drug-likeness (QED) is 0.0134. The fourth-order valence-corrected chi connectivity index (χ4v) is 6.85. The molecule has 4 aromatic rings. The Labute approximate surface area is 383 Å². The Morgan fingerprint density at radius 2 is 1.42 bits per heavy atom. The summed E-state index contributed by atoms with van der Waals surface area (Å²) in [7, 11) is 1.15. The van der Waals surface area contributed by atoms with Crippen molar-refractivity contribution in [1.29, 1.82) is 0 Å². The maximum absolute atomic E-state index is 14.4. The third kappa shape index (κ3) is 16.2. The summed E-state index contributed by atoms with van der Waals surface area (Å²) >= 11 is 0. The number of hydrogen-bond acceptors (Lipinski definition) is 12. The molecule has 4 rings (SSSR count). The summed E-state index contributed by atoms with van der Waals surface area (Å²) in [6, 6.07) is 10.4. The Morgan fingerprint density at radius 3 is 2.06 bits per heavy atom. The zero-order valence-corrected chi connectivity index (χ0v) is 36.8. The largest absolute Gasteiger partial charge is 0.468 e. The van der Waals surface area contributed by atoms with Crippen molar-refractivity contribution < 1.29 is 47.1 Å². The molecule has 2 heterocycles. The fourth-order valence-electron chi connectivity index (χ4n) is 6.85. The summed E-state index contributed by atoms with van der Waals surface area (Å²) in [5.74, 6) is -6.46. The fraction of sp³-hybridized carbons (Fsp3) is 0.419. The van der Waals surface area contributed by atoms with E-state index in [1.54, 1.807) is 42.6 Å². The van der Waals surface area contributed by atoms with Crippen LogP contribution in [-0.4, -0.2) is 132 Å². The first kappa shape index (κ1) is 52.2. The lowest BCUT2D eigenvalue weighted by Gasteiger charge is -2.27. The minimum absolute atomic E-state index is 0.00810. The van der Waals surface area contributed by atoms with Crippen LogP contribution in [0.3, 0.4) is 0 Å². The maximum Gasteiger partial charge on any atom is 0.325 e. The smallest absolute Gasteiger partial charge is 0.325 e. The van der Waals surface area contributed by atoms with E-state index in [1.807, 2.05) is 18.2 Å². The van der Waals surface area contributed by atoms with E-state index in [1.165, 1.54) is 12.5 Å². The number of aromatic amines is 2. The van der Waals surface area contributed by atoms with Gasteiger partial charge in [-0.05, 0) is 49.4 Å². The molecule has 0 fully saturated rings. The second kappa shape index (κ2) is 25.9. The Kier molecular flexibility index (Phi) is 20.1. The van der Waals surface area contributed by atoms with Crippen LogP contribution in [0.2, 0.25) is 0 Å². The number of fused-ring (bicyclic) bond motifs is 1. The van der Waals surface area contributed by atoms with Crippen LogP contribution >= 0.6 is 0 Å². The van der Waals surface area contributed by atoms with Crippen molar-refractivity contribution in [2.75, 3.05) is 33.3 Å². The number of nitrogens with one attached hydrogen (secondary N) is 8. The number of carbonyl (C=O) groups is 7. The van der Waals surface area contributed by atoms with Gasteiger partial charge in [-0.1, -0.05) is 48.5 Å². The van der Waals surface area contributed by atoms with Crippen LogP contribution in [0.15, 0.2) is 78.3 Å². The van der Waals surface area contributed by atoms with Gasteiger partial charge in [0.1, 0.15) is 30.7 Å². The number of aliphatic imine (C=N–C) groups is 1. The summed E-state index contributed by atoms with van der Waals surface area (Å²) in [6.45, 7) is -1.28. The van der Waals surface area contributed by atoms with E-state index in [4.69, 9.17) is 22.9 Å². The van der Waals surface area contributed by atoms with Crippen molar-refractivity contribution in [2.24, 2.45) is 27.9 Å². The number of aromatic nitrogens is 3. The highest BCUT2D eigenvalue weighted by atomic mass is 19.3. The van der Waals surface area contributed by atoms with Crippen LogP contribution in [-0.2, 0) is 57.6 Å². The van der Waals surface area contributed by atoms with Gasteiger partial charge in [0.25, 0.3) is 6.43 Å². The number of carbonyl (C=O) groups excluding carboxylic acids is 7. The number of guanidine groups is 1. The predicted octanol–water partition coefficient (Wildman–Crippen LogP) is -1.98. The van der Waals surface area contributed by atoms with Crippen molar-refractivity contribution in [3.8, 4) is 0 Å². The molecular formula is C43H58F2N14O8. The third-order valence-electron chi connectivity index (χ3n) is 10.5. The van der Waals surface area contributed by atoms with Gasteiger partial charge in [0.2, 0.25) is 35.4 Å². The highest BCUT2D eigenvalue weighted by Gasteiger charge is 2.43. The Balaban J connectivity index is 1.60. The van der Waals surface area contributed by atoms with Crippen LogP contribution in [0.1, 0.15) is 42.5 Å². The van der Waals surface area contributed by atoms with Crippen LogP contribution in [0.4, 0.5) is 8.78 Å². The van der Waals surface area contributed by atoms with Crippen molar-refractivity contribution in [3.63, 3.8) is 0 Å². The summed E-state index contributed by atoms with van der Waals surface area (Å²) in [5, 5.41) is 15.9. The first-order chi connectivity index (χ1) is 32.0. The number of benzene rings is 2. The number of nitrogens with two attached hydrogens (primary N) is 4. The van der Waals surface area contributed by atoms with E-state index in [-0.39, 0.29) is 57.6 Å². The number of halogens is 2. The summed E-state index contributed by atoms with van der Waals surface area (Å²) in [4.78, 5) is 108. The lowest BCUT2D eigenvalue weighted by atomic mass is 9.94. The molecule has 67 heavy (non-hydrogen) atoms. The zero-order chi connectivity index (χ0) is 48.9. The Hall–Kier alpha value is -7.47.